The molecule has 0 saturated heterocycles. The zero-order valence-electron chi connectivity index (χ0n) is 12.0. The van der Waals surface area contributed by atoms with E-state index < -0.39 is 0 Å². The SMILES string of the molecule is C1=CCC=CC2CCC(CC=1)NC1=C2/C=C\CCC=C1. The average molecular weight is 265 g/mol. The highest BCUT2D eigenvalue weighted by molar-refractivity contribution is 5.38. The van der Waals surface area contributed by atoms with E-state index in [0.29, 0.717) is 12.0 Å². The quantitative estimate of drug-likeness (QED) is 0.499. The third-order valence-corrected chi connectivity index (χ3v) is 4.24. The van der Waals surface area contributed by atoms with Gasteiger partial charge in [0.1, 0.15) is 0 Å². The second kappa shape index (κ2) is 6.63. The lowest BCUT2D eigenvalue weighted by atomic mass is 9.90. The van der Waals surface area contributed by atoms with Crippen molar-refractivity contribution in [1.82, 2.24) is 5.32 Å². The van der Waals surface area contributed by atoms with Crippen LogP contribution in [0.1, 0.15) is 38.5 Å². The summed E-state index contributed by atoms with van der Waals surface area (Å²) in [5.41, 5.74) is 6.09. The molecule has 0 spiro atoms. The van der Waals surface area contributed by atoms with Gasteiger partial charge in [-0.1, -0.05) is 30.4 Å². The second-order valence-electron chi connectivity index (χ2n) is 5.75. The number of fused-ring (bicyclic) bond motifs is 4. The summed E-state index contributed by atoms with van der Waals surface area (Å²) in [6.45, 7) is 0. The molecule has 1 nitrogen and oxygen atoms in total. The molecule has 0 aromatic carbocycles. The number of hydrogen-bond donors (Lipinski definition) is 1. The summed E-state index contributed by atoms with van der Waals surface area (Å²) in [6, 6.07) is 0.537. The highest BCUT2D eigenvalue weighted by Crippen LogP contribution is 2.30. The molecule has 1 heteroatoms. The van der Waals surface area contributed by atoms with Crippen molar-refractivity contribution in [2.45, 2.75) is 44.6 Å². The molecule has 1 aliphatic heterocycles. The first-order valence-corrected chi connectivity index (χ1v) is 7.83. The fourth-order valence-electron chi connectivity index (χ4n) is 3.12. The van der Waals surface area contributed by atoms with E-state index >= 15 is 0 Å². The molecule has 0 aromatic rings. The molecule has 3 rings (SSSR count). The van der Waals surface area contributed by atoms with Gasteiger partial charge in [-0.2, -0.15) is 0 Å². The summed E-state index contributed by atoms with van der Waals surface area (Å²) in [6.07, 6.45) is 25.1. The van der Waals surface area contributed by atoms with Crippen LogP contribution in [-0.2, 0) is 0 Å². The number of rotatable bonds is 0. The Balaban J connectivity index is 2.00. The Morgan fingerprint density at radius 1 is 1.00 bits per heavy atom. The van der Waals surface area contributed by atoms with Gasteiger partial charge in [0.25, 0.3) is 0 Å². The zero-order valence-corrected chi connectivity index (χ0v) is 12.0. The third-order valence-electron chi connectivity index (χ3n) is 4.24. The summed E-state index contributed by atoms with van der Waals surface area (Å²) >= 11 is 0. The lowest BCUT2D eigenvalue weighted by Gasteiger charge is -2.18. The van der Waals surface area contributed by atoms with Gasteiger partial charge in [-0.15, -0.1) is 5.73 Å². The molecule has 0 aromatic heterocycles. The molecule has 2 bridgehead atoms. The topological polar surface area (TPSA) is 12.0 Å². The number of allylic oxidation sites excluding steroid dienone is 7. The van der Waals surface area contributed by atoms with E-state index in [1.807, 2.05) is 0 Å². The maximum atomic E-state index is 3.76. The summed E-state index contributed by atoms with van der Waals surface area (Å²) in [5, 5.41) is 3.76. The van der Waals surface area contributed by atoms with Crippen molar-refractivity contribution in [2.75, 3.05) is 0 Å². The second-order valence-corrected chi connectivity index (χ2v) is 5.75. The van der Waals surface area contributed by atoms with Crippen LogP contribution in [0.3, 0.4) is 0 Å². The summed E-state index contributed by atoms with van der Waals surface area (Å²) < 4.78 is 0. The Morgan fingerprint density at radius 3 is 2.85 bits per heavy atom. The molecule has 3 aliphatic rings. The molecule has 2 unspecified atom stereocenters. The predicted molar refractivity (Wildman–Crippen MR) is 85.2 cm³/mol. The largest absolute Gasteiger partial charge is 0.382 e. The molecule has 20 heavy (non-hydrogen) atoms. The first-order chi connectivity index (χ1) is 9.93. The molecule has 2 aliphatic carbocycles. The van der Waals surface area contributed by atoms with Gasteiger partial charge < -0.3 is 5.32 Å². The molecule has 0 saturated carbocycles. The fourth-order valence-corrected chi connectivity index (χ4v) is 3.12. The minimum absolute atomic E-state index is 0.537. The minimum atomic E-state index is 0.537. The van der Waals surface area contributed by atoms with Crippen LogP contribution in [0, 0.1) is 5.92 Å². The number of nitrogens with one attached hydrogen (secondary N) is 1. The summed E-state index contributed by atoms with van der Waals surface area (Å²) in [7, 11) is 0. The normalized spacial score (nSPS) is 30.8. The van der Waals surface area contributed by atoms with Gasteiger partial charge in [-0.3, -0.25) is 0 Å². The highest BCUT2D eigenvalue weighted by Gasteiger charge is 2.21. The van der Waals surface area contributed by atoms with Crippen LogP contribution in [0.2, 0.25) is 0 Å². The maximum absolute atomic E-state index is 3.76. The van der Waals surface area contributed by atoms with E-state index in [1.54, 1.807) is 0 Å². The summed E-state index contributed by atoms with van der Waals surface area (Å²) in [4.78, 5) is 0. The van der Waals surface area contributed by atoms with Gasteiger partial charge in [-0.05, 0) is 62.3 Å². The standard InChI is InChI=1S/C19H23N/c1-2-6-10-16-14-15-17(11-7-3-1)20-19-13-9-5-4-8-12-18(16)19/h1,6-10,12-13,16-17,20H,2,4-5,11,14-15H2/b10-6?,12-8-,13-9?. The van der Waals surface area contributed by atoms with Crippen LogP contribution < -0.4 is 5.32 Å². The van der Waals surface area contributed by atoms with Gasteiger partial charge >= 0.3 is 0 Å². The Hall–Kier alpha value is -1.72. The first-order valence-electron chi connectivity index (χ1n) is 7.83. The fraction of sp³-hybridized carbons (Fsp3) is 0.421. The molecular formula is C19H23N. The maximum Gasteiger partial charge on any atom is 0.0377 e. The Labute approximate surface area is 122 Å². The molecule has 0 radical (unpaired) electrons. The van der Waals surface area contributed by atoms with E-state index in [-0.39, 0.29) is 0 Å². The molecule has 1 heterocycles. The van der Waals surface area contributed by atoms with Gasteiger partial charge in [-0.25, -0.2) is 0 Å². The van der Waals surface area contributed by atoms with Crippen LogP contribution in [0.15, 0.2) is 65.6 Å². The van der Waals surface area contributed by atoms with Gasteiger partial charge in [0, 0.05) is 17.7 Å². The van der Waals surface area contributed by atoms with Crippen molar-refractivity contribution < 1.29 is 0 Å². The van der Waals surface area contributed by atoms with Crippen molar-refractivity contribution >= 4 is 0 Å². The minimum Gasteiger partial charge on any atom is -0.382 e. The van der Waals surface area contributed by atoms with Crippen molar-refractivity contribution in [2.24, 2.45) is 5.92 Å². The Bertz CT molecular complexity index is 524. The average Bonchev–Trinajstić information content (AvgIpc) is 2.60. The molecule has 104 valence electrons. The van der Waals surface area contributed by atoms with E-state index in [9.17, 15) is 0 Å². The third kappa shape index (κ3) is 3.23. The van der Waals surface area contributed by atoms with Crippen LogP contribution in [0.4, 0.5) is 0 Å². The van der Waals surface area contributed by atoms with Gasteiger partial charge in [0.15, 0.2) is 0 Å². The first kappa shape index (κ1) is 13.3. The molecule has 0 amide bonds. The smallest absolute Gasteiger partial charge is 0.0377 e. The summed E-state index contributed by atoms with van der Waals surface area (Å²) in [5.74, 6) is 0.549. The van der Waals surface area contributed by atoms with Gasteiger partial charge in [0.05, 0.1) is 0 Å². The van der Waals surface area contributed by atoms with Crippen molar-refractivity contribution in [1.29, 1.82) is 0 Å². The Morgan fingerprint density at radius 2 is 1.90 bits per heavy atom. The van der Waals surface area contributed by atoms with Crippen molar-refractivity contribution in [3.05, 3.63) is 65.6 Å². The molecule has 2 atom stereocenters. The monoisotopic (exact) mass is 265 g/mol. The van der Waals surface area contributed by atoms with E-state index in [1.165, 1.54) is 24.1 Å². The number of hydrogen-bond acceptors (Lipinski definition) is 1. The Kier molecular flexibility index (Phi) is 4.40. The lowest BCUT2D eigenvalue weighted by Crippen LogP contribution is -2.26. The molecular weight excluding hydrogens is 242 g/mol. The highest BCUT2D eigenvalue weighted by atomic mass is 14.9. The predicted octanol–water partition coefficient (Wildman–Crippen LogP) is 4.58. The van der Waals surface area contributed by atoms with Crippen LogP contribution in [0.5, 0.6) is 0 Å². The lowest BCUT2D eigenvalue weighted by molar-refractivity contribution is 0.515. The zero-order chi connectivity index (χ0) is 13.6. The van der Waals surface area contributed by atoms with Crippen molar-refractivity contribution in [3.8, 4) is 0 Å². The van der Waals surface area contributed by atoms with E-state index in [2.05, 4.69) is 59.7 Å². The van der Waals surface area contributed by atoms with Gasteiger partial charge in [0.2, 0.25) is 0 Å². The van der Waals surface area contributed by atoms with Crippen LogP contribution >= 0.6 is 0 Å². The van der Waals surface area contributed by atoms with Crippen LogP contribution in [-0.4, -0.2) is 6.04 Å². The van der Waals surface area contributed by atoms with Crippen LogP contribution in [0.25, 0.3) is 0 Å². The van der Waals surface area contributed by atoms with Crippen molar-refractivity contribution in [3.63, 3.8) is 0 Å². The van der Waals surface area contributed by atoms with E-state index in [4.69, 9.17) is 0 Å². The molecule has 1 N–H and O–H groups in total. The molecule has 0 fully saturated rings. The van der Waals surface area contributed by atoms with E-state index in [0.717, 1.165) is 25.7 Å².